The lowest BCUT2D eigenvalue weighted by Crippen LogP contribution is -1.90. The minimum atomic E-state index is 0.185. The fourth-order valence-electron chi connectivity index (χ4n) is 1.55. The molecule has 0 bridgehead atoms. The van der Waals surface area contributed by atoms with E-state index in [1.54, 1.807) is 18.4 Å². The molecule has 4 heteroatoms. The summed E-state index contributed by atoms with van der Waals surface area (Å²) in [6, 6.07) is 10.2. The predicted octanol–water partition coefficient (Wildman–Crippen LogP) is 5.20. The van der Waals surface area contributed by atoms with E-state index >= 15 is 0 Å². The number of hydrogen-bond donors (Lipinski definition) is 0. The standard InChI is InChI=1S/C13H12BrClOS/c1-8-7-11(17-13(8)15)12(14)9-3-5-10(16-2)6-4-9/h3-7,12H,1-2H3. The molecule has 1 nitrogen and oxygen atoms in total. The third-order valence-corrected chi connectivity index (χ3v) is 5.48. The van der Waals surface area contributed by atoms with Crippen molar-refractivity contribution in [2.75, 3.05) is 7.11 Å². The van der Waals surface area contributed by atoms with Gasteiger partial charge in [0.15, 0.2) is 0 Å². The van der Waals surface area contributed by atoms with Crippen LogP contribution in [0.3, 0.4) is 0 Å². The highest BCUT2D eigenvalue weighted by atomic mass is 79.9. The van der Waals surface area contributed by atoms with Crippen LogP contribution in [0.4, 0.5) is 0 Å². The van der Waals surface area contributed by atoms with Crippen molar-refractivity contribution in [3.8, 4) is 5.75 Å². The molecule has 1 aromatic heterocycles. The number of methoxy groups -OCH3 is 1. The van der Waals surface area contributed by atoms with Crippen molar-refractivity contribution >= 4 is 38.9 Å². The Morgan fingerprint density at radius 1 is 1.29 bits per heavy atom. The number of alkyl halides is 1. The first-order chi connectivity index (χ1) is 8.11. The first-order valence-corrected chi connectivity index (χ1v) is 7.26. The second kappa shape index (κ2) is 5.42. The van der Waals surface area contributed by atoms with Crippen LogP contribution in [0, 0.1) is 6.92 Å². The summed E-state index contributed by atoms with van der Waals surface area (Å²) in [5.74, 6) is 0.869. The molecule has 0 aliphatic rings. The van der Waals surface area contributed by atoms with Gasteiger partial charge in [0, 0.05) is 4.88 Å². The zero-order valence-corrected chi connectivity index (χ0v) is 12.7. The maximum atomic E-state index is 6.09. The van der Waals surface area contributed by atoms with E-state index in [1.807, 2.05) is 19.1 Å². The number of halogens is 2. The van der Waals surface area contributed by atoms with E-state index in [0.29, 0.717) is 0 Å². The van der Waals surface area contributed by atoms with Gasteiger partial charge in [-0.3, -0.25) is 0 Å². The van der Waals surface area contributed by atoms with E-state index < -0.39 is 0 Å². The average molecular weight is 332 g/mol. The lowest BCUT2D eigenvalue weighted by atomic mass is 10.1. The maximum absolute atomic E-state index is 6.09. The third-order valence-electron chi connectivity index (χ3n) is 2.53. The highest BCUT2D eigenvalue weighted by molar-refractivity contribution is 9.09. The summed E-state index contributed by atoms with van der Waals surface area (Å²) < 4.78 is 6.00. The van der Waals surface area contributed by atoms with Gasteiger partial charge in [0.1, 0.15) is 5.75 Å². The smallest absolute Gasteiger partial charge is 0.118 e. The quantitative estimate of drug-likeness (QED) is 0.702. The van der Waals surface area contributed by atoms with Crippen LogP contribution in [0.1, 0.15) is 20.8 Å². The zero-order valence-electron chi connectivity index (χ0n) is 9.54. The van der Waals surface area contributed by atoms with Crippen LogP contribution in [0.2, 0.25) is 4.34 Å². The fourth-order valence-corrected chi connectivity index (χ4v) is 3.49. The molecule has 17 heavy (non-hydrogen) atoms. The Labute approximate surface area is 119 Å². The minimum Gasteiger partial charge on any atom is -0.497 e. The molecule has 0 N–H and O–H groups in total. The highest BCUT2D eigenvalue weighted by Crippen LogP contribution is 2.39. The molecule has 0 amide bonds. The van der Waals surface area contributed by atoms with Crippen molar-refractivity contribution in [3.05, 3.63) is 50.7 Å². The molecule has 0 radical (unpaired) electrons. The SMILES string of the molecule is COc1ccc(C(Br)c2cc(C)c(Cl)s2)cc1. The monoisotopic (exact) mass is 330 g/mol. The van der Waals surface area contributed by atoms with E-state index in [9.17, 15) is 0 Å². The highest BCUT2D eigenvalue weighted by Gasteiger charge is 2.14. The lowest BCUT2D eigenvalue weighted by molar-refractivity contribution is 0.414. The van der Waals surface area contributed by atoms with Crippen molar-refractivity contribution < 1.29 is 4.74 Å². The van der Waals surface area contributed by atoms with Crippen molar-refractivity contribution in [2.24, 2.45) is 0 Å². The van der Waals surface area contributed by atoms with Gasteiger partial charge in [0.2, 0.25) is 0 Å². The molecule has 0 aliphatic carbocycles. The van der Waals surface area contributed by atoms with Crippen molar-refractivity contribution in [1.82, 2.24) is 0 Å². The number of ether oxygens (including phenoxy) is 1. The Morgan fingerprint density at radius 3 is 2.41 bits per heavy atom. The Bertz CT molecular complexity index is 487. The molecule has 90 valence electrons. The number of aryl methyl sites for hydroxylation is 1. The molecule has 1 aromatic carbocycles. The fraction of sp³-hybridized carbons (Fsp3) is 0.231. The Kier molecular flexibility index (Phi) is 4.13. The Balaban J connectivity index is 2.26. The minimum absolute atomic E-state index is 0.185. The van der Waals surface area contributed by atoms with Gasteiger partial charge >= 0.3 is 0 Å². The predicted molar refractivity (Wildman–Crippen MR) is 77.8 cm³/mol. The molecule has 1 unspecified atom stereocenters. The van der Waals surface area contributed by atoms with Crippen LogP contribution in [0.15, 0.2) is 30.3 Å². The van der Waals surface area contributed by atoms with Gasteiger partial charge in [-0.25, -0.2) is 0 Å². The van der Waals surface area contributed by atoms with E-state index in [-0.39, 0.29) is 4.83 Å². The molecule has 1 atom stereocenters. The van der Waals surface area contributed by atoms with Crippen LogP contribution in [-0.2, 0) is 0 Å². The maximum Gasteiger partial charge on any atom is 0.118 e. The topological polar surface area (TPSA) is 9.23 Å². The van der Waals surface area contributed by atoms with Gasteiger partial charge in [-0.2, -0.15) is 0 Å². The number of rotatable bonds is 3. The van der Waals surface area contributed by atoms with Crippen LogP contribution in [-0.4, -0.2) is 7.11 Å². The first kappa shape index (κ1) is 12.9. The molecular weight excluding hydrogens is 320 g/mol. The molecule has 0 aliphatic heterocycles. The largest absolute Gasteiger partial charge is 0.497 e. The molecule has 1 heterocycles. The van der Waals surface area contributed by atoms with Crippen molar-refractivity contribution in [2.45, 2.75) is 11.8 Å². The molecule has 2 aromatic rings. The van der Waals surface area contributed by atoms with E-state index in [2.05, 4.69) is 34.1 Å². The summed E-state index contributed by atoms with van der Waals surface area (Å²) in [5.41, 5.74) is 2.33. The number of thiophene rings is 1. The van der Waals surface area contributed by atoms with Gasteiger partial charge in [-0.1, -0.05) is 39.7 Å². The summed E-state index contributed by atoms with van der Waals surface area (Å²) >= 11 is 11.4. The molecule has 0 spiro atoms. The second-order valence-corrected chi connectivity index (χ2v) is 6.34. The molecule has 2 rings (SSSR count). The Hall–Kier alpha value is -0.510. The summed E-state index contributed by atoms with van der Waals surface area (Å²) in [6.45, 7) is 2.02. The lowest BCUT2D eigenvalue weighted by Gasteiger charge is -2.08. The number of hydrogen-bond acceptors (Lipinski definition) is 2. The summed E-state index contributed by atoms with van der Waals surface area (Å²) in [4.78, 5) is 1.40. The summed E-state index contributed by atoms with van der Waals surface area (Å²) in [5, 5.41) is 0. The molecule has 0 saturated heterocycles. The normalized spacial score (nSPS) is 12.5. The van der Waals surface area contributed by atoms with Crippen LogP contribution in [0.5, 0.6) is 5.75 Å². The van der Waals surface area contributed by atoms with Gasteiger partial charge in [0.05, 0.1) is 16.3 Å². The van der Waals surface area contributed by atoms with Crippen LogP contribution >= 0.6 is 38.9 Å². The van der Waals surface area contributed by atoms with Crippen molar-refractivity contribution in [1.29, 1.82) is 0 Å². The zero-order chi connectivity index (χ0) is 12.4. The van der Waals surface area contributed by atoms with Gasteiger partial charge in [-0.05, 0) is 36.2 Å². The summed E-state index contributed by atoms with van der Waals surface area (Å²) in [7, 11) is 1.67. The van der Waals surface area contributed by atoms with Crippen molar-refractivity contribution in [3.63, 3.8) is 0 Å². The third kappa shape index (κ3) is 2.84. The van der Waals surface area contributed by atoms with Crippen LogP contribution < -0.4 is 4.74 Å². The van der Waals surface area contributed by atoms with Gasteiger partial charge in [0.25, 0.3) is 0 Å². The van der Waals surface area contributed by atoms with E-state index in [1.165, 1.54) is 10.4 Å². The van der Waals surface area contributed by atoms with Gasteiger partial charge in [-0.15, -0.1) is 11.3 Å². The summed E-state index contributed by atoms with van der Waals surface area (Å²) in [6.07, 6.45) is 0. The number of benzene rings is 1. The van der Waals surface area contributed by atoms with Crippen LogP contribution in [0.25, 0.3) is 0 Å². The van der Waals surface area contributed by atoms with Gasteiger partial charge < -0.3 is 4.74 Å². The molecule has 0 fully saturated rings. The first-order valence-electron chi connectivity index (χ1n) is 5.15. The Morgan fingerprint density at radius 2 is 1.94 bits per heavy atom. The average Bonchev–Trinajstić information content (AvgIpc) is 2.69. The van der Waals surface area contributed by atoms with E-state index in [0.717, 1.165) is 15.6 Å². The second-order valence-electron chi connectivity index (χ2n) is 3.74. The molecule has 0 saturated carbocycles. The molecular formula is C13H12BrClOS. The van der Waals surface area contributed by atoms with E-state index in [4.69, 9.17) is 16.3 Å².